The van der Waals surface area contributed by atoms with Crippen LogP contribution < -0.4 is 47.6 Å². The smallest absolute Gasteiger partial charge is 0.258 e. The van der Waals surface area contributed by atoms with Crippen LogP contribution in [0.15, 0.2) is 202 Å². The minimum Gasteiger partial charge on any atom is -0.370 e. The molecule has 0 saturated carbocycles. The largest absolute Gasteiger partial charge is 0.370 e. The molecule has 2 aromatic carbocycles. The molecule has 20 rings (SSSR count). The number of rotatable bonds is 13. The maximum atomic E-state index is 13.1. The monoisotopic (exact) mass is 1620 g/mol. The van der Waals surface area contributed by atoms with Gasteiger partial charge in [0.15, 0.2) is 0 Å². The number of fused-ring (bicyclic) bond motifs is 8. The number of piperidine rings is 2. The van der Waals surface area contributed by atoms with Crippen molar-refractivity contribution in [3.63, 3.8) is 0 Å². The summed E-state index contributed by atoms with van der Waals surface area (Å²) in [5.41, 5.74) is 19.6. The van der Waals surface area contributed by atoms with Crippen LogP contribution in [0.1, 0.15) is 110 Å². The summed E-state index contributed by atoms with van der Waals surface area (Å²) in [6, 6.07) is 43.0. The van der Waals surface area contributed by atoms with E-state index in [1.165, 1.54) is 5.56 Å². The Hall–Kier alpha value is -12.6. The molecule has 0 bridgehead atoms. The van der Waals surface area contributed by atoms with E-state index < -0.39 is 0 Å². The first-order chi connectivity index (χ1) is 58.5. The van der Waals surface area contributed by atoms with E-state index in [1.807, 2.05) is 187 Å². The zero-order valence-electron chi connectivity index (χ0n) is 71.1. The lowest BCUT2D eigenvalue weighted by Crippen LogP contribution is -2.54. The number of hydrogen-bond donors (Lipinski definition) is 2. The zero-order valence-corrected chi connectivity index (χ0v) is 71.1. The fourth-order valence-electron chi connectivity index (χ4n) is 17.9. The Balaban J connectivity index is 0.000000115. The second kappa shape index (κ2) is 34.2. The van der Waals surface area contributed by atoms with E-state index in [0.717, 1.165) is 188 Å². The molecule has 16 aromatic rings. The average Bonchev–Trinajstić information content (AvgIpc) is 1.72. The van der Waals surface area contributed by atoms with E-state index in [9.17, 15) is 19.2 Å². The van der Waals surface area contributed by atoms with Crippen molar-refractivity contribution in [3.05, 3.63) is 247 Å². The second-order valence-electron chi connectivity index (χ2n) is 33.2. The minimum absolute atomic E-state index is 0.0432. The first-order valence-electron chi connectivity index (χ1n) is 42.6. The van der Waals surface area contributed by atoms with Crippen LogP contribution in [0.5, 0.6) is 0 Å². The van der Waals surface area contributed by atoms with Crippen LogP contribution in [-0.4, -0.2) is 193 Å². The van der Waals surface area contributed by atoms with Gasteiger partial charge >= 0.3 is 0 Å². The molecule has 0 aliphatic carbocycles. The number of aryl methyl sites for hydroxylation is 5. The molecule has 2 N–H and O–H groups in total. The Morgan fingerprint density at radius 3 is 1.48 bits per heavy atom. The first-order valence-corrected chi connectivity index (χ1v) is 42.6. The van der Waals surface area contributed by atoms with Crippen molar-refractivity contribution >= 4 is 72.6 Å². The second-order valence-corrected chi connectivity index (χ2v) is 33.2. The first kappa shape index (κ1) is 80.8. The average molecular weight is 1620 g/mol. The van der Waals surface area contributed by atoms with Gasteiger partial charge in [-0.05, 0) is 203 Å². The van der Waals surface area contributed by atoms with Crippen LogP contribution in [0, 0.1) is 13.8 Å². The predicted molar refractivity (Wildman–Crippen MR) is 481 cm³/mol. The Morgan fingerprint density at radius 1 is 0.446 bits per heavy atom. The van der Waals surface area contributed by atoms with Gasteiger partial charge in [0.1, 0.15) is 33.9 Å². The number of aromatic nitrogens is 17. The van der Waals surface area contributed by atoms with Gasteiger partial charge in [0.25, 0.3) is 22.2 Å². The van der Waals surface area contributed by atoms with Crippen LogP contribution in [0.25, 0.3) is 101 Å². The van der Waals surface area contributed by atoms with Crippen LogP contribution in [0.3, 0.4) is 0 Å². The number of pyridine rings is 5. The van der Waals surface area contributed by atoms with Gasteiger partial charge in [-0.2, -0.15) is 15.3 Å². The Kier molecular flexibility index (Phi) is 22.9. The van der Waals surface area contributed by atoms with Gasteiger partial charge in [-0.15, -0.1) is 0 Å². The molecule has 4 aliphatic rings. The predicted octanol–water partition coefficient (Wildman–Crippen LogP) is 12.0. The van der Waals surface area contributed by atoms with Crippen LogP contribution >= 0.6 is 0 Å². The van der Waals surface area contributed by atoms with Crippen LogP contribution in [0.4, 0.5) is 17.1 Å². The third-order valence-electron chi connectivity index (χ3n) is 24.4. The molecular formula is C93H106N24O4. The fourth-order valence-corrected chi connectivity index (χ4v) is 17.9. The molecule has 4 aliphatic heterocycles. The molecule has 14 aromatic heterocycles. The molecular weight excluding hydrogens is 1520 g/mol. The summed E-state index contributed by atoms with van der Waals surface area (Å²) in [4.78, 5) is 91.8. The van der Waals surface area contributed by atoms with E-state index in [4.69, 9.17) is 19.9 Å². The Bertz CT molecular complexity index is 6780. The van der Waals surface area contributed by atoms with E-state index in [2.05, 4.69) is 134 Å². The third-order valence-corrected chi connectivity index (χ3v) is 24.4. The summed E-state index contributed by atoms with van der Waals surface area (Å²) in [6.45, 7) is 32.6. The SMILES string of the molecule is CCc1nc(C)cn2nc(-c3cc(=O)n4cc(N5CCC(N(CC)CC)CC5)ccc4n3)cc12.C[C@@H]1CN(c2ccc3nc(-c4ccc5c(cnn5C)c4)cc(=O)n3c2)C[C@H](C)N1.C[C@H]1CN(c2ccc3nc(-c4ccc5c(cnn5C)c4)cc(=O)n3c2)CCN1.Cc1cn2cc(-c3cc(=O)n4cc(C5CCN(C(C)C)CC5)ccc4n3)ccc2n1. The topological polar surface area (TPSA) is 261 Å². The van der Waals surface area contributed by atoms with E-state index in [-0.39, 0.29) is 22.2 Å². The lowest BCUT2D eigenvalue weighted by atomic mass is 9.90. The molecule has 0 radical (unpaired) electrons. The van der Waals surface area contributed by atoms with Crippen LogP contribution in [0.2, 0.25) is 0 Å². The molecule has 4 fully saturated rings. The summed E-state index contributed by atoms with van der Waals surface area (Å²) < 4.78 is 14.1. The highest BCUT2D eigenvalue weighted by atomic mass is 16.1. The van der Waals surface area contributed by atoms with Crippen molar-refractivity contribution in [3.8, 4) is 45.2 Å². The lowest BCUT2D eigenvalue weighted by Gasteiger charge is -2.38. The van der Waals surface area contributed by atoms with Gasteiger partial charge in [0.05, 0.1) is 92.1 Å². The number of nitrogens with zero attached hydrogens (tertiary/aromatic N) is 22. The highest BCUT2D eigenvalue weighted by molar-refractivity contribution is 5.85. The zero-order chi connectivity index (χ0) is 84.0. The molecule has 0 amide bonds. The number of benzene rings is 2. The molecule has 4 saturated heterocycles. The molecule has 28 nitrogen and oxygen atoms in total. The van der Waals surface area contributed by atoms with Crippen molar-refractivity contribution in [2.75, 3.05) is 86.7 Å². The van der Waals surface area contributed by atoms with Crippen molar-refractivity contribution < 1.29 is 0 Å². The van der Waals surface area contributed by atoms with Gasteiger partial charge in [0.2, 0.25) is 0 Å². The Labute approximate surface area is 701 Å². The normalized spacial score (nSPS) is 17.1. The third kappa shape index (κ3) is 17.1. The maximum absolute atomic E-state index is 13.1. The standard InChI is InChI=1S/C26H33N7O.C24H27N5O.C22H24N6O.C21H22N6O/c1-5-21-24-14-23(29-33(24)16-18(4)27-21)22-15-26(34)32-17-20(8-9-25(32)28-22)31-12-10-19(11-13-31)30(6-2)7-3;1-16(2)27-10-8-18(9-11-27)19-4-7-23-26-21(12-24(30)29(23)15-19)20-5-6-22-25-17(3)13-28(22)14-20;1-14-11-27(12-15(2)24-14)18-5-7-21-25-19(9-22(29)28(21)13-18)16-4-6-20-17(8-16)10-23-26(20)3;1-14-12-26(8-7-22-14)17-4-6-20-24-18(10-21(28)27(20)13-17)15-3-5-19-16(9-15)11-23-25(19)2/h8-9,14-17,19H,5-7,10-13H2,1-4H3;4-7,12-16,18H,8-11H2,1-3H3;4-10,13-15,24H,11-12H2,1-3H3;3-6,9-11,13-14,22H,7-8,12H2,1-2H3/t;;14-,15+;14-/m...0/s1. The number of piperazine rings is 2. The number of nitrogens with one attached hydrogen (secondary N) is 2. The van der Waals surface area contributed by atoms with E-state index in [0.29, 0.717) is 87.2 Å². The minimum atomic E-state index is -0.0954. The molecule has 18 heterocycles. The molecule has 0 unspecified atom stereocenters. The number of hydrogen-bond acceptors (Lipinski definition) is 20. The van der Waals surface area contributed by atoms with Gasteiger partial charge in [0, 0.05) is 179 Å². The van der Waals surface area contributed by atoms with Gasteiger partial charge in [-0.1, -0.05) is 39.0 Å². The molecule has 0 spiro atoms. The van der Waals surface area contributed by atoms with Crippen molar-refractivity contribution in [2.24, 2.45) is 14.1 Å². The van der Waals surface area contributed by atoms with Crippen LogP contribution in [-0.2, 0) is 20.5 Å². The highest BCUT2D eigenvalue weighted by Gasteiger charge is 2.28. The van der Waals surface area contributed by atoms with Gasteiger partial charge in [-0.3, -0.25) is 51.1 Å². The van der Waals surface area contributed by atoms with Gasteiger partial charge in [-0.25, -0.2) is 29.4 Å². The summed E-state index contributed by atoms with van der Waals surface area (Å²) >= 11 is 0. The number of likely N-dealkylation sites (tertiary alicyclic amines) is 1. The molecule has 28 heteroatoms. The quantitative estimate of drug-likeness (QED) is 0.109. The van der Waals surface area contributed by atoms with E-state index >= 15 is 0 Å². The summed E-state index contributed by atoms with van der Waals surface area (Å²) in [7, 11) is 3.83. The number of anilines is 3. The maximum Gasteiger partial charge on any atom is 0.258 e. The van der Waals surface area contributed by atoms with E-state index in [1.54, 1.807) is 41.9 Å². The van der Waals surface area contributed by atoms with Crippen molar-refractivity contribution in [2.45, 2.75) is 137 Å². The fraction of sp³-hybridized carbons (Fsp3) is 0.366. The lowest BCUT2D eigenvalue weighted by molar-refractivity contribution is 0.172. The van der Waals surface area contributed by atoms with Crippen molar-refractivity contribution in [1.82, 2.24) is 102 Å². The summed E-state index contributed by atoms with van der Waals surface area (Å²) in [5, 5.41) is 22.3. The number of imidazole rings is 1. The molecule has 622 valence electrons. The van der Waals surface area contributed by atoms with Gasteiger partial charge < -0.3 is 39.5 Å². The molecule has 121 heavy (non-hydrogen) atoms. The summed E-state index contributed by atoms with van der Waals surface area (Å²) in [5.74, 6) is 0.503. The highest BCUT2D eigenvalue weighted by Crippen LogP contribution is 2.32. The molecule has 3 atom stereocenters. The Morgan fingerprint density at radius 2 is 0.934 bits per heavy atom. The van der Waals surface area contributed by atoms with Crippen molar-refractivity contribution in [1.29, 1.82) is 0 Å². The summed E-state index contributed by atoms with van der Waals surface area (Å²) in [6.07, 6.45) is 22.6.